The van der Waals surface area contributed by atoms with Crippen molar-refractivity contribution in [1.29, 1.82) is 0 Å². The number of rotatable bonds is 5. The van der Waals surface area contributed by atoms with E-state index in [2.05, 4.69) is 20.8 Å². The second kappa shape index (κ2) is 8.18. The third-order valence-corrected chi connectivity index (χ3v) is 3.96. The van der Waals surface area contributed by atoms with E-state index in [-0.39, 0.29) is 0 Å². The summed E-state index contributed by atoms with van der Waals surface area (Å²) in [5.41, 5.74) is 8.21. The summed E-state index contributed by atoms with van der Waals surface area (Å²) in [5.74, 6) is -0.0936. The van der Waals surface area contributed by atoms with Crippen molar-refractivity contribution in [2.75, 3.05) is 0 Å². The molecule has 0 unspecified atom stereocenters. The summed E-state index contributed by atoms with van der Waals surface area (Å²) in [7, 11) is 0. The van der Waals surface area contributed by atoms with Crippen LogP contribution < -0.4 is 15.6 Å². The third kappa shape index (κ3) is 4.52. The number of nitrogens with one attached hydrogen (secondary N) is 3. The van der Waals surface area contributed by atoms with Gasteiger partial charge in [0.1, 0.15) is 18.1 Å². The average Bonchev–Trinajstić information content (AvgIpc) is 3.20. The fourth-order valence-corrected chi connectivity index (χ4v) is 2.67. The number of carbonyl (C=O) groups is 2. The lowest BCUT2D eigenvalue weighted by atomic mass is 10.1. The number of aryl methyl sites for hydroxylation is 2. The molecule has 7 heteroatoms. The van der Waals surface area contributed by atoms with Crippen molar-refractivity contribution in [3.8, 4) is 5.75 Å². The van der Waals surface area contributed by atoms with Gasteiger partial charge in [-0.3, -0.25) is 25.4 Å². The molecule has 0 fully saturated rings. The van der Waals surface area contributed by atoms with Crippen LogP contribution in [0.1, 0.15) is 37.5 Å². The lowest BCUT2D eigenvalue weighted by molar-refractivity contribution is 0.0844. The Hall–Kier alpha value is -3.61. The fraction of sp³-hybridized carbons (Fsp3) is 0.150. The maximum Gasteiger partial charge on any atom is 0.286 e. The maximum absolute atomic E-state index is 12.3. The van der Waals surface area contributed by atoms with Crippen LogP contribution in [0.3, 0.4) is 0 Å². The quantitative estimate of drug-likeness (QED) is 0.607. The van der Waals surface area contributed by atoms with E-state index in [9.17, 15) is 9.59 Å². The predicted octanol–water partition coefficient (Wildman–Crippen LogP) is 2.68. The van der Waals surface area contributed by atoms with Crippen LogP contribution in [-0.2, 0) is 6.61 Å². The molecule has 1 aromatic carbocycles. The molecule has 3 rings (SSSR count). The molecule has 0 saturated carbocycles. The lowest BCUT2D eigenvalue weighted by Gasteiger charge is -2.14. The van der Waals surface area contributed by atoms with Gasteiger partial charge < -0.3 is 9.72 Å². The highest BCUT2D eigenvalue weighted by molar-refractivity contribution is 5.98. The zero-order valence-corrected chi connectivity index (χ0v) is 15.1. The minimum atomic E-state index is -0.418. The SMILES string of the molecule is Cc1cc(C(=O)NNC(=O)c2ccc[nH]2)cc(C)c1OCc1cccnc1. The van der Waals surface area contributed by atoms with Crippen molar-refractivity contribution in [1.82, 2.24) is 20.8 Å². The Morgan fingerprint density at radius 1 is 1.07 bits per heavy atom. The van der Waals surface area contributed by atoms with Gasteiger partial charge in [0, 0.05) is 29.7 Å². The first kappa shape index (κ1) is 18.2. The number of aromatic nitrogens is 2. The largest absolute Gasteiger partial charge is 0.488 e. The zero-order valence-electron chi connectivity index (χ0n) is 15.1. The molecule has 3 aromatic rings. The highest BCUT2D eigenvalue weighted by Crippen LogP contribution is 2.25. The van der Waals surface area contributed by atoms with E-state index in [1.165, 1.54) is 0 Å². The molecule has 2 amide bonds. The Morgan fingerprint density at radius 2 is 1.81 bits per heavy atom. The van der Waals surface area contributed by atoms with Crippen molar-refractivity contribution in [2.45, 2.75) is 20.5 Å². The molecule has 0 aliphatic carbocycles. The highest BCUT2D eigenvalue weighted by atomic mass is 16.5. The second-order valence-electron chi connectivity index (χ2n) is 6.08. The molecule has 0 aliphatic rings. The van der Waals surface area contributed by atoms with Crippen LogP contribution in [0.15, 0.2) is 55.0 Å². The van der Waals surface area contributed by atoms with Gasteiger partial charge in [0.05, 0.1) is 0 Å². The first-order valence-corrected chi connectivity index (χ1v) is 8.41. The van der Waals surface area contributed by atoms with Crippen molar-refractivity contribution < 1.29 is 14.3 Å². The van der Waals surface area contributed by atoms with Gasteiger partial charge in [-0.25, -0.2) is 0 Å². The molecule has 0 atom stereocenters. The standard InChI is InChI=1S/C20H20N4O3/c1-13-9-16(19(25)23-24-20(26)17-6-4-8-22-17)10-14(2)18(13)27-12-15-5-3-7-21-11-15/h3-11,22H,12H2,1-2H3,(H,23,25)(H,24,26). The molecule has 0 radical (unpaired) electrons. The minimum Gasteiger partial charge on any atom is -0.488 e. The lowest BCUT2D eigenvalue weighted by Crippen LogP contribution is -2.41. The summed E-state index contributed by atoms with van der Waals surface area (Å²) in [5, 5.41) is 0. The number of aromatic amines is 1. The summed E-state index contributed by atoms with van der Waals surface area (Å²) < 4.78 is 5.89. The van der Waals surface area contributed by atoms with Gasteiger partial charge in [-0.2, -0.15) is 0 Å². The Bertz CT molecular complexity index is 914. The Morgan fingerprint density at radius 3 is 2.44 bits per heavy atom. The van der Waals surface area contributed by atoms with Crippen LogP contribution in [0.5, 0.6) is 5.75 Å². The second-order valence-corrected chi connectivity index (χ2v) is 6.08. The molecule has 0 saturated heterocycles. The van der Waals surface area contributed by atoms with E-state index in [4.69, 9.17) is 4.74 Å². The van der Waals surface area contributed by atoms with Gasteiger partial charge in [0.15, 0.2) is 0 Å². The molecule has 0 bridgehead atoms. The van der Waals surface area contributed by atoms with Crippen molar-refractivity contribution >= 4 is 11.8 Å². The Kier molecular flexibility index (Phi) is 5.51. The molecule has 138 valence electrons. The number of hydrogen-bond acceptors (Lipinski definition) is 4. The van der Waals surface area contributed by atoms with Crippen LogP contribution in [0, 0.1) is 13.8 Å². The van der Waals surface area contributed by atoms with Crippen LogP contribution >= 0.6 is 0 Å². The Labute approximate surface area is 156 Å². The van der Waals surface area contributed by atoms with Crippen molar-refractivity contribution in [3.05, 3.63) is 82.9 Å². The molecule has 27 heavy (non-hydrogen) atoms. The first-order valence-electron chi connectivity index (χ1n) is 8.41. The van der Waals surface area contributed by atoms with Crippen LogP contribution in [0.2, 0.25) is 0 Å². The van der Waals surface area contributed by atoms with Crippen molar-refractivity contribution in [2.24, 2.45) is 0 Å². The first-order chi connectivity index (χ1) is 13.0. The van der Waals surface area contributed by atoms with Gasteiger partial charge in [-0.15, -0.1) is 0 Å². The van der Waals surface area contributed by atoms with E-state index in [1.54, 1.807) is 42.9 Å². The van der Waals surface area contributed by atoms with E-state index in [0.29, 0.717) is 17.9 Å². The van der Waals surface area contributed by atoms with Crippen molar-refractivity contribution in [3.63, 3.8) is 0 Å². The maximum atomic E-state index is 12.3. The van der Waals surface area contributed by atoms with Gasteiger partial charge >= 0.3 is 0 Å². The molecule has 2 heterocycles. The summed E-state index contributed by atoms with van der Waals surface area (Å²) in [4.78, 5) is 31.0. The number of nitrogens with zero attached hydrogens (tertiary/aromatic N) is 1. The summed E-state index contributed by atoms with van der Waals surface area (Å²) in [6, 6.07) is 10.6. The number of ether oxygens (including phenoxy) is 1. The minimum absolute atomic E-state index is 0.363. The molecule has 3 N–H and O–H groups in total. The van der Waals surface area contributed by atoms with E-state index < -0.39 is 11.8 Å². The van der Waals surface area contributed by atoms with Gasteiger partial charge in [0.2, 0.25) is 0 Å². The highest BCUT2D eigenvalue weighted by Gasteiger charge is 2.13. The Balaban J connectivity index is 1.64. The van der Waals surface area contributed by atoms with E-state index in [1.807, 2.05) is 26.0 Å². The average molecular weight is 364 g/mol. The number of hydrogen-bond donors (Lipinski definition) is 3. The molecule has 7 nitrogen and oxygen atoms in total. The number of amides is 2. The topological polar surface area (TPSA) is 96.1 Å². The summed E-state index contributed by atoms with van der Waals surface area (Å²) in [6.45, 7) is 4.15. The summed E-state index contributed by atoms with van der Waals surface area (Å²) >= 11 is 0. The fourth-order valence-electron chi connectivity index (χ4n) is 2.67. The monoisotopic (exact) mass is 364 g/mol. The summed E-state index contributed by atoms with van der Waals surface area (Å²) in [6.07, 6.45) is 5.09. The number of hydrazine groups is 1. The zero-order chi connectivity index (χ0) is 19.2. The van der Waals surface area contributed by atoms with Crippen LogP contribution in [0.4, 0.5) is 0 Å². The molecule has 2 aromatic heterocycles. The molecule has 0 spiro atoms. The van der Waals surface area contributed by atoms with E-state index in [0.717, 1.165) is 22.4 Å². The molecule has 0 aliphatic heterocycles. The van der Waals surface area contributed by atoms with Gasteiger partial charge in [-0.1, -0.05) is 6.07 Å². The molecular formula is C20H20N4O3. The third-order valence-electron chi connectivity index (χ3n) is 3.96. The van der Waals surface area contributed by atoms with Gasteiger partial charge in [0.25, 0.3) is 11.8 Å². The number of H-pyrrole nitrogens is 1. The normalized spacial score (nSPS) is 10.3. The smallest absolute Gasteiger partial charge is 0.286 e. The number of pyridine rings is 1. The molecular weight excluding hydrogens is 344 g/mol. The number of carbonyl (C=O) groups excluding carboxylic acids is 2. The van der Waals surface area contributed by atoms with Crippen LogP contribution in [0.25, 0.3) is 0 Å². The predicted molar refractivity (Wildman–Crippen MR) is 100 cm³/mol. The van der Waals surface area contributed by atoms with E-state index >= 15 is 0 Å². The van der Waals surface area contributed by atoms with Crippen LogP contribution in [-0.4, -0.2) is 21.8 Å². The number of benzene rings is 1. The van der Waals surface area contributed by atoms with Gasteiger partial charge in [-0.05, 0) is 55.3 Å².